The maximum atomic E-state index is 13.2. The van der Waals surface area contributed by atoms with Crippen LogP contribution in [0.4, 0.5) is 0 Å². The molecule has 1 aromatic heterocycles. The molecule has 1 saturated heterocycles. The van der Waals surface area contributed by atoms with Gasteiger partial charge in [0.1, 0.15) is 22.4 Å². The van der Waals surface area contributed by atoms with Crippen LogP contribution >= 0.6 is 0 Å². The van der Waals surface area contributed by atoms with E-state index in [0.717, 1.165) is 0 Å². The van der Waals surface area contributed by atoms with Gasteiger partial charge in [-0.05, 0) is 18.6 Å². The topological polar surface area (TPSA) is 92.7 Å². The number of carbonyl (C=O) groups excluding carboxylic acids is 1. The number of sulfonamides is 1. The lowest BCUT2D eigenvalue weighted by Gasteiger charge is -2.30. The lowest BCUT2D eigenvalue weighted by molar-refractivity contribution is 0.0749. The Kier molecular flexibility index (Phi) is 5.03. The third-order valence-corrected chi connectivity index (χ3v) is 7.31. The lowest BCUT2D eigenvalue weighted by Crippen LogP contribution is -2.47. The molecule has 28 heavy (non-hydrogen) atoms. The standard InChI is InChI=1S/C19H22N4O4S/c1-2-23-15-7-11-22(19(24)14-13-20-9-10-21-14)12-8-16(15)27-17-5-3-4-6-18(17)28(23,25)26/h3-6,9-10,13,15-16H,2,7-8,11-12H2,1H3/t15-,16-/m0/s1. The average molecular weight is 402 g/mol. The summed E-state index contributed by atoms with van der Waals surface area (Å²) in [6.07, 6.45) is 5.17. The summed E-state index contributed by atoms with van der Waals surface area (Å²) in [5.41, 5.74) is 0.288. The first kappa shape index (κ1) is 18.8. The molecule has 1 aromatic carbocycles. The molecule has 3 heterocycles. The number of fused-ring (bicyclic) bond motifs is 2. The minimum atomic E-state index is -3.66. The van der Waals surface area contributed by atoms with E-state index in [0.29, 0.717) is 38.2 Å². The molecule has 148 valence electrons. The van der Waals surface area contributed by atoms with E-state index in [1.54, 1.807) is 29.2 Å². The molecule has 0 unspecified atom stereocenters. The highest BCUT2D eigenvalue weighted by atomic mass is 32.2. The zero-order chi connectivity index (χ0) is 19.7. The Bertz CT molecular complexity index is 967. The van der Waals surface area contributed by atoms with Gasteiger partial charge < -0.3 is 9.64 Å². The maximum Gasteiger partial charge on any atom is 0.274 e. The number of hydrogen-bond donors (Lipinski definition) is 0. The smallest absolute Gasteiger partial charge is 0.274 e. The SMILES string of the molecule is CCN1[C@H]2CCN(C(=O)c3cnccn3)CC[C@@H]2Oc2ccccc2S1(=O)=O. The van der Waals surface area contributed by atoms with Crippen LogP contribution < -0.4 is 4.74 Å². The number of aromatic nitrogens is 2. The fraction of sp³-hybridized carbons (Fsp3) is 0.421. The molecule has 2 aromatic rings. The second kappa shape index (κ2) is 7.48. The summed E-state index contributed by atoms with van der Waals surface area (Å²) >= 11 is 0. The molecular formula is C19H22N4O4S. The van der Waals surface area contributed by atoms with Crippen LogP contribution in [-0.4, -0.2) is 65.3 Å². The molecule has 0 N–H and O–H groups in total. The second-order valence-corrected chi connectivity index (χ2v) is 8.70. The minimum Gasteiger partial charge on any atom is -0.487 e. The van der Waals surface area contributed by atoms with Crippen molar-refractivity contribution in [3.63, 3.8) is 0 Å². The van der Waals surface area contributed by atoms with Crippen LogP contribution in [0.5, 0.6) is 5.75 Å². The number of benzene rings is 1. The molecule has 2 atom stereocenters. The van der Waals surface area contributed by atoms with E-state index in [1.807, 2.05) is 6.92 Å². The predicted molar refractivity (Wildman–Crippen MR) is 101 cm³/mol. The van der Waals surface area contributed by atoms with E-state index in [4.69, 9.17) is 4.74 Å². The predicted octanol–water partition coefficient (Wildman–Crippen LogP) is 1.55. The van der Waals surface area contributed by atoms with Crippen LogP contribution in [0.3, 0.4) is 0 Å². The molecule has 0 radical (unpaired) electrons. The van der Waals surface area contributed by atoms with Crippen molar-refractivity contribution in [1.29, 1.82) is 0 Å². The largest absolute Gasteiger partial charge is 0.487 e. The minimum absolute atomic E-state index is 0.198. The molecule has 8 nitrogen and oxygen atoms in total. The number of likely N-dealkylation sites (tertiary alicyclic amines) is 1. The summed E-state index contributed by atoms with van der Waals surface area (Å²) in [6, 6.07) is 6.42. The fourth-order valence-electron chi connectivity index (χ4n) is 3.94. The summed E-state index contributed by atoms with van der Waals surface area (Å²) in [4.78, 5) is 22.7. The first-order valence-corrected chi connectivity index (χ1v) is 10.8. The van der Waals surface area contributed by atoms with Gasteiger partial charge in [-0.3, -0.25) is 9.78 Å². The fourth-order valence-corrected chi connectivity index (χ4v) is 5.75. The van der Waals surface area contributed by atoms with Crippen molar-refractivity contribution in [3.8, 4) is 5.75 Å². The summed E-state index contributed by atoms with van der Waals surface area (Å²) in [6.45, 7) is 3.08. The molecule has 1 amide bonds. The van der Waals surface area contributed by atoms with Crippen molar-refractivity contribution in [2.24, 2.45) is 0 Å². The van der Waals surface area contributed by atoms with Crippen molar-refractivity contribution in [3.05, 3.63) is 48.5 Å². The monoisotopic (exact) mass is 402 g/mol. The van der Waals surface area contributed by atoms with Gasteiger partial charge in [0.05, 0.1) is 12.2 Å². The van der Waals surface area contributed by atoms with Crippen molar-refractivity contribution in [2.45, 2.75) is 36.8 Å². The molecule has 2 aliphatic rings. The van der Waals surface area contributed by atoms with Gasteiger partial charge in [-0.25, -0.2) is 13.4 Å². The van der Waals surface area contributed by atoms with Gasteiger partial charge in [-0.2, -0.15) is 4.31 Å². The summed E-state index contributed by atoms with van der Waals surface area (Å²) < 4.78 is 34.1. The van der Waals surface area contributed by atoms with Crippen molar-refractivity contribution < 1.29 is 17.9 Å². The number of hydrogen-bond acceptors (Lipinski definition) is 6. The van der Waals surface area contributed by atoms with E-state index in [-0.39, 0.29) is 28.6 Å². The number of para-hydroxylation sites is 1. The van der Waals surface area contributed by atoms with E-state index in [2.05, 4.69) is 9.97 Å². The van der Waals surface area contributed by atoms with Crippen LogP contribution in [0, 0.1) is 0 Å². The Balaban J connectivity index is 1.64. The quantitative estimate of drug-likeness (QED) is 0.757. The highest BCUT2D eigenvalue weighted by molar-refractivity contribution is 7.89. The Morgan fingerprint density at radius 2 is 2.00 bits per heavy atom. The molecule has 9 heteroatoms. The molecule has 0 bridgehead atoms. The van der Waals surface area contributed by atoms with E-state index in [1.165, 1.54) is 22.9 Å². The average Bonchev–Trinajstić information content (AvgIpc) is 2.96. The summed E-state index contributed by atoms with van der Waals surface area (Å²) in [5.74, 6) is 0.179. The molecular weight excluding hydrogens is 380 g/mol. The Labute approximate surface area is 164 Å². The van der Waals surface area contributed by atoms with Gasteiger partial charge in [0.15, 0.2) is 0 Å². The van der Waals surface area contributed by atoms with Crippen molar-refractivity contribution in [2.75, 3.05) is 19.6 Å². The first-order chi connectivity index (χ1) is 13.5. The van der Waals surface area contributed by atoms with Crippen LogP contribution in [0.2, 0.25) is 0 Å². The van der Waals surface area contributed by atoms with Crippen LogP contribution in [0.1, 0.15) is 30.3 Å². The molecule has 4 rings (SSSR count). The Morgan fingerprint density at radius 1 is 1.21 bits per heavy atom. The molecule has 0 spiro atoms. The lowest BCUT2D eigenvalue weighted by atomic mass is 10.1. The van der Waals surface area contributed by atoms with Crippen molar-refractivity contribution >= 4 is 15.9 Å². The van der Waals surface area contributed by atoms with Gasteiger partial charge in [-0.1, -0.05) is 19.1 Å². The molecule has 0 aliphatic carbocycles. The third kappa shape index (κ3) is 3.24. The van der Waals surface area contributed by atoms with Crippen molar-refractivity contribution in [1.82, 2.24) is 19.2 Å². The number of likely N-dealkylation sites (N-methyl/N-ethyl adjacent to an activating group) is 1. The Morgan fingerprint density at radius 3 is 2.75 bits per heavy atom. The highest BCUT2D eigenvalue weighted by Gasteiger charge is 2.43. The molecule has 0 saturated carbocycles. The number of amides is 1. The van der Waals surface area contributed by atoms with Gasteiger partial charge in [0.2, 0.25) is 10.0 Å². The van der Waals surface area contributed by atoms with Crippen LogP contribution in [0.25, 0.3) is 0 Å². The normalized spacial score (nSPS) is 24.2. The first-order valence-electron chi connectivity index (χ1n) is 9.35. The molecule has 2 aliphatic heterocycles. The number of nitrogens with zero attached hydrogens (tertiary/aromatic N) is 4. The number of ether oxygens (including phenoxy) is 1. The maximum absolute atomic E-state index is 13.2. The number of carbonyl (C=O) groups is 1. The van der Waals surface area contributed by atoms with Gasteiger partial charge >= 0.3 is 0 Å². The van der Waals surface area contributed by atoms with Gasteiger partial charge in [-0.15, -0.1) is 0 Å². The third-order valence-electron chi connectivity index (χ3n) is 5.27. The Hall–Kier alpha value is -2.52. The number of rotatable bonds is 2. The van der Waals surface area contributed by atoms with Crippen LogP contribution in [0.15, 0.2) is 47.8 Å². The van der Waals surface area contributed by atoms with E-state index in [9.17, 15) is 13.2 Å². The molecule has 1 fully saturated rings. The van der Waals surface area contributed by atoms with Crippen LogP contribution in [-0.2, 0) is 10.0 Å². The highest BCUT2D eigenvalue weighted by Crippen LogP contribution is 2.36. The van der Waals surface area contributed by atoms with Gasteiger partial charge in [0.25, 0.3) is 5.91 Å². The summed E-state index contributed by atoms with van der Waals surface area (Å²) in [7, 11) is -3.66. The zero-order valence-electron chi connectivity index (χ0n) is 15.6. The zero-order valence-corrected chi connectivity index (χ0v) is 16.4. The second-order valence-electron chi connectivity index (χ2n) is 6.84. The van der Waals surface area contributed by atoms with E-state index >= 15 is 0 Å². The van der Waals surface area contributed by atoms with Gasteiger partial charge in [0, 0.05) is 38.4 Å². The summed E-state index contributed by atoms with van der Waals surface area (Å²) in [5, 5.41) is 0. The van der Waals surface area contributed by atoms with E-state index < -0.39 is 10.0 Å².